The molecule has 2 heterocycles. The maximum absolute atomic E-state index is 6.48. The van der Waals surface area contributed by atoms with Crippen LogP contribution < -0.4 is 5.32 Å². The van der Waals surface area contributed by atoms with E-state index in [9.17, 15) is 0 Å². The Morgan fingerprint density at radius 3 is 2.75 bits per heavy atom. The van der Waals surface area contributed by atoms with Gasteiger partial charge < -0.3 is 5.32 Å². The van der Waals surface area contributed by atoms with Gasteiger partial charge in [-0.3, -0.25) is 4.90 Å². The smallest absolute Gasteiger partial charge is 0.0453 e. The molecule has 0 amide bonds. The lowest BCUT2D eigenvalue weighted by Gasteiger charge is -2.23. The molecule has 2 aliphatic rings. The van der Waals surface area contributed by atoms with Crippen LogP contribution in [0.25, 0.3) is 0 Å². The molecule has 2 fully saturated rings. The van der Waals surface area contributed by atoms with Crippen LogP contribution in [0.2, 0.25) is 5.02 Å². The summed E-state index contributed by atoms with van der Waals surface area (Å²) < 4.78 is 0. The van der Waals surface area contributed by atoms with Gasteiger partial charge in [0, 0.05) is 11.6 Å². The van der Waals surface area contributed by atoms with Crippen LogP contribution in [-0.2, 0) is 13.0 Å². The molecule has 1 aromatic rings. The van der Waals surface area contributed by atoms with Gasteiger partial charge in [0.25, 0.3) is 0 Å². The highest BCUT2D eigenvalue weighted by Gasteiger charge is 2.16. The molecule has 0 aliphatic carbocycles. The van der Waals surface area contributed by atoms with Crippen LogP contribution in [0.1, 0.15) is 36.8 Å². The molecule has 20 heavy (non-hydrogen) atoms. The number of likely N-dealkylation sites (tertiary alicyclic amines) is 1. The summed E-state index contributed by atoms with van der Waals surface area (Å²) in [6.45, 7) is 5.82. The topological polar surface area (TPSA) is 15.3 Å². The molecule has 2 nitrogen and oxygen atoms in total. The molecule has 0 bridgehead atoms. The number of halogens is 1. The van der Waals surface area contributed by atoms with Crippen molar-refractivity contribution in [3.8, 4) is 0 Å². The minimum absolute atomic E-state index is 0.782. The summed E-state index contributed by atoms with van der Waals surface area (Å²) in [7, 11) is 0. The third-order valence-corrected chi connectivity index (χ3v) is 4.99. The largest absolute Gasteiger partial charge is 0.316 e. The first-order chi connectivity index (χ1) is 9.81. The molecule has 2 saturated heterocycles. The van der Waals surface area contributed by atoms with E-state index >= 15 is 0 Å². The molecule has 1 N–H and O–H groups in total. The molecule has 0 spiro atoms. The molecule has 3 rings (SSSR count). The lowest BCUT2D eigenvalue weighted by molar-refractivity contribution is 0.331. The predicted molar refractivity (Wildman–Crippen MR) is 85.3 cm³/mol. The van der Waals surface area contributed by atoms with Crippen molar-refractivity contribution in [1.82, 2.24) is 10.2 Å². The molecule has 0 radical (unpaired) electrons. The van der Waals surface area contributed by atoms with Crippen LogP contribution in [0.15, 0.2) is 18.2 Å². The second kappa shape index (κ2) is 6.93. The van der Waals surface area contributed by atoms with Crippen LogP contribution in [0, 0.1) is 5.92 Å². The summed E-state index contributed by atoms with van der Waals surface area (Å²) >= 11 is 6.48. The summed E-state index contributed by atoms with van der Waals surface area (Å²) in [6.07, 6.45) is 6.50. The third kappa shape index (κ3) is 3.75. The third-order valence-electron chi connectivity index (χ3n) is 4.63. The standard InChI is InChI=1S/C17H25ClN2/c18-17-11-14(10-15-4-3-7-19-12-15)5-6-16(17)13-20-8-1-2-9-20/h5-6,11,15,19H,1-4,7-10,12-13H2. The van der Waals surface area contributed by atoms with Crippen molar-refractivity contribution in [2.24, 2.45) is 5.92 Å². The average molecular weight is 293 g/mol. The maximum atomic E-state index is 6.48. The summed E-state index contributed by atoms with van der Waals surface area (Å²) in [5.74, 6) is 0.782. The predicted octanol–water partition coefficient (Wildman–Crippen LogP) is 3.48. The Morgan fingerprint density at radius 2 is 2.05 bits per heavy atom. The Hall–Kier alpha value is -0.570. The zero-order chi connectivity index (χ0) is 13.8. The van der Waals surface area contributed by atoms with Gasteiger partial charge in [0.15, 0.2) is 0 Å². The van der Waals surface area contributed by atoms with Gasteiger partial charge in [0.1, 0.15) is 0 Å². The zero-order valence-corrected chi connectivity index (χ0v) is 13.0. The molecule has 1 aromatic carbocycles. The maximum Gasteiger partial charge on any atom is 0.0453 e. The highest BCUT2D eigenvalue weighted by molar-refractivity contribution is 6.31. The van der Waals surface area contributed by atoms with E-state index in [1.165, 1.54) is 56.4 Å². The van der Waals surface area contributed by atoms with E-state index < -0.39 is 0 Å². The van der Waals surface area contributed by atoms with Crippen LogP contribution >= 0.6 is 11.6 Å². The molecule has 110 valence electrons. The zero-order valence-electron chi connectivity index (χ0n) is 12.2. The van der Waals surface area contributed by atoms with Crippen LogP contribution in [0.5, 0.6) is 0 Å². The van der Waals surface area contributed by atoms with Crippen molar-refractivity contribution in [1.29, 1.82) is 0 Å². The van der Waals surface area contributed by atoms with Gasteiger partial charge in [-0.2, -0.15) is 0 Å². The first-order valence-corrected chi connectivity index (χ1v) is 8.39. The second-order valence-corrected chi connectivity index (χ2v) is 6.73. The fourth-order valence-electron chi connectivity index (χ4n) is 3.46. The number of hydrogen-bond acceptors (Lipinski definition) is 2. The van der Waals surface area contributed by atoms with Crippen LogP contribution in [-0.4, -0.2) is 31.1 Å². The number of benzene rings is 1. The Bertz CT molecular complexity index is 435. The fourth-order valence-corrected chi connectivity index (χ4v) is 3.72. The quantitative estimate of drug-likeness (QED) is 0.914. The van der Waals surface area contributed by atoms with E-state index in [2.05, 4.69) is 28.4 Å². The molecule has 1 unspecified atom stereocenters. The second-order valence-electron chi connectivity index (χ2n) is 6.33. The van der Waals surface area contributed by atoms with Crippen LogP contribution in [0.4, 0.5) is 0 Å². The molecular formula is C17H25ClN2. The van der Waals surface area contributed by atoms with E-state index in [0.717, 1.165) is 30.5 Å². The van der Waals surface area contributed by atoms with Gasteiger partial charge in [-0.25, -0.2) is 0 Å². The minimum Gasteiger partial charge on any atom is -0.316 e. The number of hydrogen-bond donors (Lipinski definition) is 1. The molecule has 1 atom stereocenters. The van der Waals surface area contributed by atoms with Gasteiger partial charge in [-0.15, -0.1) is 0 Å². The monoisotopic (exact) mass is 292 g/mol. The fraction of sp³-hybridized carbons (Fsp3) is 0.647. The lowest BCUT2D eigenvalue weighted by atomic mass is 9.92. The van der Waals surface area contributed by atoms with E-state index in [-0.39, 0.29) is 0 Å². The summed E-state index contributed by atoms with van der Waals surface area (Å²) in [5, 5.41) is 4.45. The van der Waals surface area contributed by atoms with Gasteiger partial charge >= 0.3 is 0 Å². The molecule has 2 aliphatic heterocycles. The Morgan fingerprint density at radius 1 is 1.20 bits per heavy atom. The van der Waals surface area contributed by atoms with Crippen molar-refractivity contribution in [2.45, 2.75) is 38.6 Å². The van der Waals surface area contributed by atoms with Crippen molar-refractivity contribution in [3.05, 3.63) is 34.3 Å². The number of nitrogens with zero attached hydrogens (tertiary/aromatic N) is 1. The van der Waals surface area contributed by atoms with Gasteiger partial charge in [0.05, 0.1) is 0 Å². The minimum atomic E-state index is 0.782. The first-order valence-electron chi connectivity index (χ1n) is 8.01. The van der Waals surface area contributed by atoms with Crippen molar-refractivity contribution < 1.29 is 0 Å². The first kappa shape index (κ1) is 14.4. The van der Waals surface area contributed by atoms with Crippen LogP contribution in [0.3, 0.4) is 0 Å². The van der Waals surface area contributed by atoms with E-state index in [4.69, 9.17) is 11.6 Å². The number of rotatable bonds is 4. The van der Waals surface area contributed by atoms with E-state index in [0.29, 0.717) is 0 Å². The van der Waals surface area contributed by atoms with Gasteiger partial charge in [-0.05, 0) is 81.4 Å². The highest BCUT2D eigenvalue weighted by Crippen LogP contribution is 2.24. The Labute approximate surface area is 127 Å². The molecule has 0 saturated carbocycles. The number of piperidine rings is 1. The highest BCUT2D eigenvalue weighted by atomic mass is 35.5. The van der Waals surface area contributed by atoms with E-state index in [1.54, 1.807) is 0 Å². The summed E-state index contributed by atoms with van der Waals surface area (Å²) in [6, 6.07) is 6.72. The Kier molecular flexibility index (Phi) is 4.98. The van der Waals surface area contributed by atoms with Crippen molar-refractivity contribution >= 4 is 11.6 Å². The van der Waals surface area contributed by atoms with Crippen molar-refractivity contribution in [3.63, 3.8) is 0 Å². The van der Waals surface area contributed by atoms with E-state index in [1.807, 2.05) is 0 Å². The molecular weight excluding hydrogens is 268 g/mol. The molecule has 3 heteroatoms. The lowest BCUT2D eigenvalue weighted by Crippen LogP contribution is -2.30. The SMILES string of the molecule is Clc1cc(CC2CCCNC2)ccc1CN1CCCC1. The van der Waals surface area contributed by atoms with Gasteiger partial charge in [0.2, 0.25) is 0 Å². The number of nitrogens with one attached hydrogen (secondary N) is 1. The summed E-state index contributed by atoms with van der Waals surface area (Å²) in [4.78, 5) is 2.51. The normalized spacial score (nSPS) is 24.1. The average Bonchev–Trinajstić information content (AvgIpc) is 2.96. The Balaban J connectivity index is 1.60. The summed E-state index contributed by atoms with van der Waals surface area (Å²) in [5.41, 5.74) is 2.69. The molecule has 0 aromatic heterocycles. The van der Waals surface area contributed by atoms with Gasteiger partial charge in [-0.1, -0.05) is 23.7 Å². The van der Waals surface area contributed by atoms with Crippen molar-refractivity contribution in [2.75, 3.05) is 26.2 Å².